The first-order chi connectivity index (χ1) is 13.7. The number of hydrogen-bond donors (Lipinski definition) is 1. The second-order valence-electron chi connectivity index (χ2n) is 9.18. The van der Waals surface area contributed by atoms with E-state index in [0.717, 1.165) is 57.8 Å². The van der Waals surface area contributed by atoms with Gasteiger partial charge in [0.25, 0.3) is 0 Å². The molecule has 0 aromatic carbocycles. The van der Waals surface area contributed by atoms with Crippen LogP contribution in [0.2, 0.25) is 0 Å². The Bertz CT molecular complexity index is 544. The van der Waals surface area contributed by atoms with Gasteiger partial charge in [-0.1, -0.05) is 12.8 Å². The quantitative estimate of drug-likeness (QED) is 0.493. The zero-order valence-electron chi connectivity index (χ0n) is 18.2. The molecule has 166 valence electrons. The molecule has 2 rings (SSSR count). The molecule has 0 bridgehead atoms. The molecule has 0 heterocycles. The highest BCUT2D eigenvalue weighted by Gasteiger charge is 2.29. The summed E-state index contributed by atoms with van der Waals surface area (Å²) in [4.78, 5) is 37.1. The highest BCUT2D eigenvalue weighted by atomic mass is 16.6. The first kappa shape index (κ1) is 23.5. The molecule has 0 aromatic rings. The van der Waals surface area contributed by atoms with E-state index in [1.807, 2.05) is 0 Å². The fourth-order valence-electron chi connectivity index (χ4n) is 3.82. The van der Waals surface area contributed by atoms with Crippen LogP contribution in [-0.4, -0.2) is 41.9 Å². The molecule has 0 aliphatic heterocycles. The number of hydrogen-bond acceptors (Lipinski definition) is 6. The smallest absolute Gasteiger partial charge is 0.408 e. The van der Waals surface area contributed by atoms with Gasteiger partial charge in [-0.05, 0) is 78.6 Å². The van der Waals surface area contributed by atoms with Crippen molar-refractivity contribution in [2.75, 3.05) is 0 Å². The minimum atomic E-state index is -0.925. The lowest BCUT2D eigenvalue weighted by Gasteiger charge is -2.26. The van der Waals surface area contributed by atoms with Gasteiger partial charge in [0.1, 0.15) is 23.9 Å². The van der Waals surface area contributed by atoms with Crippen LogP contribution < -0.4 is 5.32 Å². The van der Waals surface area contributed by atoms with Gasteiger partial charge in [0.05, 0.1) is 0 Å². The number of nitrogens with one attached hydrogen (secondary N) is 1. The molecule has 1 N–H and O–H groups in total. The van der Waals surface area contributed by atoms with Crippen LogP contribution in [0, 0.1) is 0 Å². The van der Waals surface area contributed by atoms with Gasteiger partial charge in [0.15, 0.2) is 0 Å². The van der Waals surface area contributed by atoms with Gasteiger partial charge in [-0.15, -0.1) is 0 Å². The molecule has 2 aliphatic carbocycles. The van der Waals surface area contributed by atoms with Crippen molar-refractivity contribution in [2.24, 2.45) is 0 Å². The second-order valence-corrected chi connectivity index (χ2v) is 9.18. The maximum Gasteiger partial charge on any atom is 0.408 e. The van der Waals surface area contributed by atoms with Gasteiger partial charge in [-0.3, -0.25) is 4.79 Å². The fraction of sp³-hybridized carbons (Fsp3) is 0.864. The van der Waals surface area contributed by atoms with Crippen LogP contribution in [0.5, 0.6) is 0 Å². The van der Waals surface area contributed by atoms with Crippen LogP contribution in [0.3, 0.4) is 0 Å². The average Bonchev–Trinajstić information content (AvgIpc) is 2.65. The van der Waals surface area contributed by atoms with Crippen LogP contribution >= 0.6 is 0 Å². The molecule has 2 fully saturated rings. The van der Waals surface area contributed by atoms with E-state index in [1.165, 1.54) is 6.42 Å². The van der Waals surface area contributed by atoms with Gasteiger partial charge in [-0.2, -0.15) is 0 Å². The lowest BCUT2D eigenvalue weighted by atomic mass is 9.97. The standard InChI is InChI=1S/C22H37NO6/c1-22(2,3)29-21(26)23-18(20(25)28-17-12-8-5-9-13-17)14-15-19(24)27-16-10-6-4-7-11-16/h16-18H,4-15H2,1-3H3,(H,23,26)/t18-/m1/s1. The number of alkyl carbamates (subject to hydrolysis) is 1. The third kappa shape index (κ3) is 9.50. The maximum absolute atomic E-state index is 12.7. The summed E-state index contributed by atoms with van der Waals surface area (Å²) < 4.78 is 16.4. The highest BCUT2D eigenvalue weighted by Crippen LogP contribution is 2.22. The number of ether oxygens (including phenoxy) is 3. The van der Waals surface area contributed by atoms with Gasteiger partial charge in [0, 0.05) is 6.42 Å². The van der Waals surface area contributed by atoms with Crippen molar-refractivity contribution >= 4 is 18.0 Å². The summed E-state index contributed by atoms with van der Waals surface area (Å²) in [5.74, 6) is -0.841. The van der Waals surface area contributed by atoms with Crippen molar-refractivity contribution in [1.82, 2.24) is 5.32 Å². The first-order valence-corrected chi connectivity index (χ1v) is 11.1. The highest BCUT2D eigenvalue weighted by molar-refractivity contribution is 5.82. The molecule has 0 aromatic heterocycles. The fourth-order valence-corrected chi connectivity index (χ4v) is 3.82. The van der Waals surface area contributed by atoms with Gasteiger partial charge >= 0.3 is 18.0 Å². The lowest BCUT2D eigenvalue weighted by molar-refractivity contribution is -0.154. The summed E-state index contributed by atoms with van der Waals surface area (Å²) in [6.07, 6.45) is 9.40. The average molecular weight is 412 g/mol. The number of carbonyl (C=O) groups excluding carboxylic acids is 3. The summed E-state index contributed by atoms with van der Waals surface area (Å²) in [6, 6.07) is -0.925. The Labute approximate surface area is 174 Å². The molecule has 0 radical (unpaired) electrons. The molecule has 1 atom stereocenters. The van der Waals surface area contributed by atoms with Crippen LogP contribution in [-0.2, 0) is 23.8 Å². The largest absolute Gasteiger partial charge is 0.462 e. The Kier molecular flexibility index (Phi) is 9.24. The number of amides is 1. The molecule has 7 heteroatoms. The third-order valence-electron chi connectivity index (χ3n) is 5.30. The first-order valence-electron chi connectivity index (χ1n) is 11.1. The summed E-state index contributed by atoms with van der Waals surface area (Å²) in [5, 5.41) is 2.58. The lowest BCUT2D eigenvalue weighted by Crippen LogP contribution is -2.45. The van der Waals surface area contributed by atoms with Crippen molar-refractivity contribution < 1.29 is 28.6 Å². The van der Waals surface area contributed by atoms with Gasteiger partial charge in [0.2, 0.25) is 0 Å². The van der Waals surface area contributed by atoms with E-state index < -0.39 is 23.7 Å². The topological polar surface area (TPSA) is 90.9 Å². The predicted molar refractivity (Wildman–Crippen MR) is 108 cm³/mol. The summed E-state index contributed by atoms with van der Waals surface area (Å²) in [6.45, 7) is 5.26. The number of carbonyl (C=O) groups is 3. The van der Waals surface area contributed by atoms with Crippen molar-refractivity contribution in [3.8, 4) is 0 Å². The van der Waals surface area contributed by atoms with E-state index in [1.54, 1.807) is 20.8 Å². The van der Waals surface area contributed by atoms with Crippen molar-refractivity contribution in [3.05, 3.63) is 0 Å². The molecule has 1 amide bonds. The zero-order chi connectivity index (χ0) is 21.3. The molecular formula is C22H37NO6. The predicted octanol–water partition coefficient (Wildman–Crippen LogP) is 4.41. The second kappa shape index (κ2) is 11.4. The van der Waals surface area contributed by atoms with Crippen molar-refractivity contribution in [3.63, 3.8) is 0 Å². The van der Waals surface area contributed by atoms with E-state index in [0.29, 0.717) is 0 Å². The van der Waals surface area contributed by atoms with E-state index in [9.17, 15) is 14.4 Å². The Morgan fingerprint density at radius 1 is 0.862 bits per heavy atom. The molecule has 7 nitrogen and oxygen atoms in total. The van der Waals surface area contributed by atoms with E-state index in [-0.39, 0.29) is 31.0 Å². The molecule has 0 spiro atoms. The van der Waals surface area contributed by atoms with Gasteiger partial charge < -0.3 is 19.5 Å². The van der Waals surface area contributed by atoms with Crippen LogP contribution in [0.15, 0.2) is 0 Å². The summed E-state index contributed by atoms with van der Waals surface area (Å²) >= 11 is 0. The normalized spacial score (nSPS) is 19.8. The van der Waals surface area contributed by atoms with E-state index >= 15 is 0 Å². The minimum Gasteiger partial charge on any atom is -0.462 e. The zero-order valence-corrected chi connectivity index (χ0v) is 18.2. The number of esters is 2. The Hall–Kier alpha value is -1.79. The molecule has 29 heavy (non-hydrogen) atoms. The summed E-state index contributed by atoms with van der Waals surface area (Å²) in [7, 11) is 0. The van der Waals surface area contributed by atoms with E-state index in [2.05, 4.69) is 5.32 Å². The minimum absolute atomic E-state index is 0.0253. The maximum atomic E-state index is 12.7. The van der Waals surface area contributed by atoms with Crippen LogP contribution in [0.25, 0.3) is 0 Å². The molecular weight excluding hydrogens is 374 g/mol. The van der Waals surface area contributed by atoms with E-state index in [4.69, 9.17) is 14.2 Å². The molecule has 2 saturated carbocycles. The van der Waals surface area contributed by atoms with Gasteiger partial charge in [-0.25, -0.2) is 9.59 Å². The summed E-state index contributed by atoms with van der Waals surface area (Å²) in [5.41, 5.74) is -0.679. The third-order valence-corrected chi connectivity index (χ3v) is 5.30. The molecule has 2 aliphatic rings. The monoisotopic (exact) mass is 411 g/mol. The van der Waals surface area contributed by atoms with Crippen LogP contribution in [0.1, 0.15) is 97.8 Å². The molecule has 0 saturated heterocycles. The Balaban J connectivity index is 1.88. The SMILES string of the molecule is CC(C)(C)OC(=O)N[C@H](CCC(=O)OC1CCCCC1)C(=O)OC1CCCCC1. The van der Waals surface area contributed by atoms with Crippen molar-refractivity contribution in [2.45, 2.75) is 122 Å². The Morgan fingerprint density at radius 2 is 1.38 bits per heavy atom. The number of rotatable bonds is 7. The molecule has 0 unspecified atom stereocenters. The van der Waals surface area contributed by atoms with Crippen molar-refractivity contribution in [1.29, 1.82) is 0 Å². The Morgan fingerprint density at radius 3 is 1.90 bits per heavy atom. The van der Waals surface area contributed by atoms with Crippen LogP contribution in [0.4, 0.5) is 4.79 Å².